The molecule has 20 heavy (non-hydrogen) atoms. The van der Waals surface area contributed by atoms with Gasteiger partial charge in [0.15, 0.2) is 0 Å². The van der Waals surface area contributed by atoms with E-state index in [1.807, 2.05) is 12.1 Å². The van der Waals surface area contributed by atoms with Crippen LogP contribution in [-0.2, 0) is 6.54 Å². The first-order valence-corrected chi connectivity index (χ1v) is 7.14. The highest BCUT2D eigenvalue weighted by atomic mass is 16.5. The molecule has 0 aromatic heterocycles. The molecule has 1 fully saturated rings. The standard InChI is InChI=1S/C17H21NO2/c1-20-16-7-6-13(14-4-2-3-5-15(14)16)10-18-11-17(12-19)8-9-17/h2-7,18-19H,8-12H2,1H3. The van der Waals surface area contributed by atoms with Gasteiger partial charge in [-0.15, -0.1) is 0 Å². The van der Waals surface area contributed by atoms with Crippen molar-refractivity contribution in [3.05, 3.63) is 42.0 Å². The topological polar surface area (TPSA) is 41.5 Å². The molecule has 0 spiro atoms. The zero-order valence-electron chi connectivity index (χ0n) is 11.9. The van der Waals surface area contributed by atoms with Crippen LogP contribution < -0.4 is 10.1 Å². The van der Waals surface area contributed by atoms with Gasteiger partial charge in [-0.3, -0.25) is 0 Å². The van der Waals surface area contributed by atoms with Crippen LogP contribution in [0.3, 0.4) is 0 Å². The van der Waals surface area contributed by atoms with Crippen molar-refractivity contribution in [2.45, 2.75) is 19.4 Å². The van der Waals surface area contributed by atoms with Gasteiger partial charge in [-0.25, -0.2) is 0 Å². The van der Waals surface area contributed by atoms with Crippen molar-refractivity contribution in [3.8, 4) is 5.75 Å². The quantitative estimate of drug-likeness (QED) is 0.849. The first-order chi connectivity index (χ1) is 9.78. The van der Waals surface area contributed by atoms with Crippen molar-refractivity contribution >= 4 is 10.8 Å². The van der Waals surface area contributed by atoms with Crippen molar-refractivity contribution < 1.29 is 9.84 Å². The lowest BCUT2D eigenvalue weighted by Crippen LogP contribution is -2.26. The summed E-state index contributed by atoms with van der Waals surface area (Å²) in [5.74, 6) is 0.915. The van der Waals surface area contributed by atoms with Crippen LogP contribution in [0.1, 0.15) is 18.4 Å². The summed E-state index contributed by atoms with van der Waals surface area (Å²) in [6.07, 6.45) is 2.28. The Kier molecular flexibility index (Phi) is 3.64. The van der Waals surface area contributed by atoms with Crippen LogP contribution in [0.5, 0.6) is 5.75 Å². The molecule has 0 amide bonds. The Hall–Kier alpha value is -1.58. The summed E-state index contributed by atoms with van der Waals surface area (Å²) < 4.78 is 5.42. The molecule has 0 bridgehead atoms. The van der Waals surface area contributed by atoms with Gasteiger partial charge in [0, 0.05) is 30.5 Å². The third-order valence-electron chi connectivity index (χ3n) is 4.30. The summed E-state index contributed by atoms with van der Waals surface area (Å²) in [5.41, 5.74) is 1.43. The maximum Gasteiger partial charge on any atom is 0.126 e. The van der Waals surface area contributed by atoms with Crippen molar-refractivity contribution in [2.75, 3.05) is 20.3 Å². The molecule has 3 rings (SSSR count). The number of nitrogens with one attached hydrogen (secondary N) is 1. The van der Waals surface area contributed by atoms with Gasteiger partial charge in [0.2, 0.25) is 0 Å². The highest BCUT2D eigenvalue weighted by molar-refractivity contribution is 5.91. The molecule has 0 aliphatic heterocycles. The zero-order chi connectivity index (χ0) is 14.0. The Labute approximate surface area is 119 Å². The van der Waals surface area contributed by atoms with Crippen LogP contribution in [0.2, 0.25) is 0 Å². The number of hydrogen-bond acceptors (Lipinski definition) is 3. The van der Waals surface area contributed by atoms with Crippen molar-refractivity contribution in [2.24, 2.45) is 5.41 Å². The van der Waals surface area contributed by atoms with E-state index in [2.05, 4.69) is 29.6 Å². The van der Waals surface area contributed by atoms with E-state index < -0.39 is 0 Å². The van der Waals surface area contributed by atoms with Gasteiger partial charge in [-0.1, -0.05) is 30.3 Å². The largest absolute Gasteiger partial charge is 0.496 e. The number of hydrogen-bond donors (Lipinski definition) is 2. The fourth-order valence-corrected chi connectivity index (χ4v) is 2.70. The number of rotatable bonds is 6. The van der Waals surface area contributed by atoms with Crippen LogP contribution in [0.15, 0.2) is 36.4 Å². The minimum absolute atomic E-state index is 0.155. The highest BCUT2D eigenvalue weighted by Gasteiger charge is 2.41. The summed E-state index contributed by atoms with van der Waals surface area (Å²) >= 11 is 0. The Morgan fingerprint density at radius 1 is 1.15 bits per heavy atom. The highest BCUT2D eigenvalue weighted by Crippen LogP contribution is 2.44. The van der Waals surface area contributed by atoms with Crippen LogP contribution in [0.25, 0.3) is 10.8 Å². The third-order valence-corrected chi connectivity index (χ3v) is 4.30. The van der Waals surface area contributed by atoms with E-state index in [1.54, 1.807) is 7.11 Å². The summed E-state index contributed by atoms with van der Waals surface area (Å²) in [6.45, 7) is 2.01. The molecule has 2 aromatic carbocycles. The molecule has 2 N–H and O–H groups in total. The predicted molar refractivity (Wildman–Crippen MR) is 81.0 cm³/mol. The van der Waals surface area contributed by atoms with Gasteiger partial charge in [-0.05, 0) is 29.9 Å². The molecule has 2 aromatic rings. The van der Waals surface area contributed by atoms with Gasteiger partial charge < -0.3 is 15.2 Å². The second kappa shape index (κ2) is 5.43. The summed E-state index contributed by atoms with van der Waals surface area (Å²) in [7, 11) is 1.71. The first-order valence-electron chi connectivity index (χ1n) is 7.14. The van der Waals surface area contributed by atoms with Crippen LogP contribution in [-0.4, -0.2) is 25.4 Å². The third kappa shape index (κ3) is 2.51. The fraction of sp³-hybridized carbons (Fsp3) is 0.412. The monoisotopic (exact) mass is 271 g/mol. The molecular weight excluding hydrogens is 250 g/mol. The van der Waals surface area contributed by atoms with E-state index in [1.165, 1.54) is 10.9 Å². The van der Waals surface area contributed by atoms with Gasteiger partial charge in [0.25, 0.3) is 0 Å². The summed E-state index contributed by atoms with van der Waals surface area (Å²) in [5, 5.41) is 15.2. The number of benzene rings is 2. The second-order valence-corrected chi connectivity index (χ2v) is 5.73. The average Bonchev–Trinajstić information content (AvgIpc) is 3.28. The molecule has 1 aliphatic rings. The lowest BCUT2D eigenvalue weighted by molar-refractivity contribution is 0.207. The molecule has 106 valence electrons. The normalized spacial score (nSPS) is 16.3. The average molecular weight is 271 g/mol. The van der Waals surface area contributed by atoms with Crippen LogP contribution in [0, 0.1) is 5.41 Å². The molecule has 0 unspecified atom stereocenters. The molecule has 1 aliphatic carbocycles. The smallest absolute Gasteiger partial charge is 0.126 e. The molecule has 3 nitrogen and oxygen atoms in total. The van der Waals surface area contributed by atoms with Crippen molar-refractivity contribution in [3.63, 3.8) is 0 Å². The molecular formula is C17H21NO2. The van der Waals surface area contributed by atoms with Crippen LogP contribution >= 0.6 is 0 Å². The first kappa shape index (κ1) is 13.4. The Morgan fingerprint density at radius 2 is 1.90 bits per heavy atom. The summed E-state index contributed by atoms with van der Waals surface area (Å²) in [6, 6.07) is 12.5. The molecule has 0 heterocycles. The summed E-state index contributed by atoms with van der Waals surface area (Å²) in [4.78, 5) is 0. The van der Waals surface area contributed by atoms with Gasteiger partial charge in [0.1, 0.15) is 5.75 Å². The predicted octanol–water partition coefficient (Wildman–Crippen LogP) is 2.71. The van der Waals surface area contributed by atoms with E-state index in [-0.39, 0.29) is 5.41 Å². The van der Waals surface area contributed by atoms with Gasteiger partial charge in [-0.2, -0.15) is 0 Å². The number of aliphatic hydroxyl groups excluding tert-OH is 1. The van der Waals surface area contributed by atoms with E-state index in [0.717, 1.165) is 37.1 Å². The number of aliphatic hydroxyl groups is 1. The lowest BCUT2D eigenvalue weighted by Gasteiger charge is -2.14. The Morgan fingerprint density at radius 3 is 2.55 bits per heavy atom. The molecule has 0 radical (unpaired) electrons. The molecule has 0 atom stereocenters. The van der Waals surface area contributed by atoms with Crippen molar-refractivity contribution in [1.82, 2.24) is 5.32 Å². The van der Waals surface area contributed by atoms with E-state index in [9.17, 15) is 5.11 Å². The van der Waals surface area contributed by atoms with E-state index >= 15 is 0 Å². The molecule has 3 heteroatoms. The van der Waals surface area contributed by atoms with Gasteiger partial charge >= 0.3 is 0 Å². The number of ether oxygens (including phenoxy) is 1. The Bertz CT molecular complexity index is 605. The minimum Gasteiger partial charge on any atom is -0.496 e. The van der Waals surface area contributed by atoms with E-state index in [4.69, 9.17) is 4.74 Å². The fourth-order valence-electron chi connectivity index (χ4n) is 2.70. The lowest BCUT2D eigenvalue weighted by atomic mass is 10.0. The van der Waals surface area contributed by atoms with Gasteiger partial charge in [0.05, 0.1) is 7.11 Å². The van der Waals surface area contributed by atoms with E-state index in [0.29, 0.717) is 6.61 Å². The SMILES string of the molecule is COc1ccc(CNCC2(CO)CC2)c2ccccc12. The number of methoxy groups -OCH3 is 1. The molecule has 1 saturated carbocycles. The minimum atomic E-state index is 0.155. The second-order valence-electron chi connectivity index (χ2n) is 5.73. The van der Waals surface area contributed by atoms with Crippen LogP contribution in [0.4, 0.5) is 0 Å². The maximum atomic E-state index is 9.34. The number of fused-ring (bicyclic) bond motifs is 1. The molecule has 0 saturated heterocycles. The Balaban J connectivity index is 1.78. The van der Waals surface area contributed by atoms with Crippen molar-refractivity contribution in [1.29, 1.82) is 0 Å². The maximum absolute atomic E-state index is 9.34. The zero-order valence-corrected chi connectivity index (χ0v) is 11.9.